The number of rotatable bonds is 12. The second-order valence-electron chi connectivity index (χ2n) is 4.54. The van der Waals surface area contributed by atoms with E-state index in [4.69, 9.17) is 0 Å². The molecule has 1 heteroatoms. The Morgan fingerprint density at radius 3 is 1.53 bits per heavy atom. The summed E-state index contributed by atoms with van der Waals surface area (Å²) in [4.78, 5) is 0. The molecule has 0 rings (SSSR count). The standard InChI is InChI=1S/C14H31N/c1-3-5-6-7-8-9-10-11-12-13-14-15-4-2/h15H,3-14H2,1-2H3. The fourth-order valence-electron chi connectivity index (χ4n) is 1.91. The van der Waals surface area contributed by atoms with Gasteiger partial charge in [-0.15, -0.1) is 0 Å². The first kappa shape index (κ1) is 15.0. The Hall–Kier alpha value is -0.0400. The van der Waals surface area contributed by atoms with Crippen molar-refractivity contribution in [1.29, 1.82) is 0 Å². The minimum Gasteiger partial charge on any atom is -0.317 e. The predicted octanol–water partition coefficient (Wildman–Crippen LogP) is 4.52. The molecule has 0 aliphatic heterocycles. The van der Waals surface area contributed by atoms with Gasteiger partial charge in [-0.25, -0.2) is 0 Å². The number of unbranched alkanes of at least 4 members (excludes halogenated alkanes) is 9. The van der Waals surface area contributed by atoms with Gasteiger partial charge in [-0.3, -0.25) is 0 Å². The Morgan fingerprint density at radius 1 is 0.600 bits per heavy atom. The fraction of sp³-hybridized carbons (Fsp3) is 1.00. The zero-order valence-corrected chi connectivity index (χ0v) is 11.0. The van der Waals surface area contributed by atoms with Gasteiger partial charge in [0.2, 0.25) is 0 Å². The van der Waals surface area contributed by atoms with Gasteiger partial charge in [-0.1, -0.05) is 71.6 Å². The van der Waals surface area contributed by atoms with Crippen LogP contribution < -0.4 is 5.32 Å². The first-order chi connectivity index (χ1) is 7.41. The molecule has 15 heavy (non-hydrogen) atoms. The van der Waals surface area contributed by atoms with Crippen LogP contribution in [0.5, 0.6) is 0 Å². The van der Waals surface area contributed by atoms with E-state index >= 15 is 0 Å². The summed E-state index contributed by atoms with van der Waals surface area (Å²) in [5.74, 6) is 0. The van der Waals surface area contributed by atoms with Crippen molar-refractivity contribution < 1.29 is 0 Å². The molecule has 0 unspecified atom stereocenters. The molecule has 0 fully saturated rings. The monoisotopic (exact) mass is 213 g/mol. The van der Waals surface area contributed by atoms with Gasteiger partial charge in [-0.05, 0) is 19.5 Å². The van der Waals surface area contributed by atoms with Crippen molar-refractivity contribution in [2.24, 2.45) is 0 Å². The third-order valence-electron chi connectivity index (χ3n) is 2.96. The predicted molar refractivity (Wildman–Crippen MR) is 70.4 cm³/mol. The third-order valence-corrected chi connectivity index (χ3v) is 2.96. The quantitative estimate of drug-likeness (QED) is 0.470. The Bertz CT molecular complexity index is 89.5. The Labute approximate surface area is 97.0 Å². The summed E-state index contributed by atoms with van der Waals surface area (Å²) in [5.41, 5.74) is 0. The first-order valence-corrected chi connectivity index (χ1v) is 7.12. The van der Waals surface area contributed by atoms with Crippen LogP contribution in [0.2, 0.25) is 0 Å². The van der Waals surface area contributed by atoms with E-state index < -0.39 is 0 Å². The number of nitrogens with one attached hydrogen (secondary N) is 1. The van der Waals surface area contributed by atoms with Crippen LogP contribution in [0.4, 0.5) is 0 Å². The molecule has 0 radical (unpaired) electrons. The molecular formula is C14H31N. The minimum atomic E-state index is 1.12. The molecule has 0 amide bonds. The highest BCUT2D eigenvalue weighted by molar-refractivity contribution is 4.49. The molecule has 0 aromatic rings. The summed E-state index contributed by atoms with van der Waals surface area (Å²) >= 11 is 0. The van der Waals surface area contributed by atoms with Crippen molar-refractivity contribution in [3.05, 3.63) is 0 Å². The van der Waals surface area contributed by atoms with Gasteiger partial charge < -0.3 is 5.32 Å². The van der Waals surface area contributed by atoms with Crippen molar-refractivity contribution in [2.45, 2.75) is 78.1 Å². The lowest BCUT2D eigenvalue weighted by Gasteiger charge is -2.02. The lowest BCUT2D eigenvalue weighted by molar-refractivity contribution is 0.547. The van der Waals surface area contributed by atoms with Gasteiger partial charge in [-0.2, -0.15) is 0 Å². The number of hydrogen-bond acceptors (Lipinski definition) is 1. The van der Waals surface area contributed by atoms with Crippen LogP contribution in [0.25, 0.3) is 0 Å². The zero-order valence-electron chi connectivity index (χ0n) is 11.0. The van der Waals surface area contributed by atoms with Crippen molar-refractivity contribution in [1.82, 2.24) is 5.32 Å². The molecule has 0 aliphatic rings. The molecule has 0 aliphatic carbocycles. The van der Waals surface area contributed by atoms with E-state index in [9.17, 15) is 0 Å². The van der Waals surface area contributed by atoms with Crippen molar-refractivity contribution >= 4 is 0 Å². The highest BCUT2D eigenvalue weighted by atomic mass is 14.8. The normalized spacial score (nSPS) is 10.8. The molecule has 0 spiro atoms. The smallest absolute Gasteiger partial charge is 0.00490 e. The SMILES string of the molecule is CCCCCCCCCCCCNCC. The van der Waals surface area contributed by atoms with Gasteiger partial charge in [0.15, 0.2) is 0 Å². The second-order valence-corrected chi connectivity index (χ2v) is 4.54. The molecule has 1 N–H and O–H groups in total. The van der Waals surface area contributed by atoms with E-state index in [0.717, 1.165) is 6.54 Å². The van der Waals surface area contributed by atoms with E-state index in [2.05, 4.69) is 19.2 Å². The summed E-state index contributed by atoms with van der Waals surface area (Å²) in [6.45, 7) is 6.80. The first-order valence-electron chi connectivity index (χ1n) is 7.12. The largest absolute Gasteiger partial charge is 0.317 e. The van der Waals surface area contributed by atoms with E-state index in [-0.39, 0.29) is 0 Å². The third kappa shape index (κ3) is 14.0. The zero-order chi connectivity index (χ0) is 11.2. The molecule has 0 heterocycles. The molecule has 1 nitrogen and oxygen atoms in total. The molecule has 0 aromatic carbocycles. The molecule has 0 saturated heterocycles. The van der Waals surface area contributed by atoms with Gasteiger partial charge in [0.1, 0.15) is 0 Å². The van der Waals surface area contributed by atoms with Gasteiger partial charge in [0, 0.05) is 0 Å². The van der Waals surface area contributed by atoms with Crippen LogP contribution >= 0.6 is 0 Å². The highest BCUT2D eigenvalue weighted by Gasteiger charge is 1.91. The van der Waals surface area contributed by atoms with Crippen LogP contribution in [0.1, 0.15) is 78.1 Å². The molecule has 0 atom stereocenters. The Balaban J connectivity index is 2.81. The molecular weight excluding hydrogens is 182 g/mol. The van der Waals surface area contributed by atoms with E-state index in [0.29, 0.717) is 0 Å². The number of hydrogen-bond donors (Lipinski definition) is 1. The van der Waals surface area contributed by atoms with Gasteiger partial charge in [0.05, 0.1) is 0 Å². The molecule has 0 saturated carbocycles. The average Bonchev–Trinajstić information content (AvgIpc) is 2.26. The summed E-state index contributed by atoms with van der Waals surface area (Å²) < 4.78 is 0. The maximum absolute atomic E-state index is 3.37. The van der Waals surface area contributed by atoms with Crippen LogP contribution in [0, 0.1) is 0 Å². The molecule has 92 valence electrons. The Morgan fingerprint density at radius 2 is 1.07 bits per heavy atom. The van der Waals surface area contributed by atoms with E-state index in [1.807, 2.05) is 0 Å². The maximum atomic E-state index is 3.37. The lowest BCUT2D eigenvalue weighted by Crippen LogP contribution is -2.13. The van der Waals surface area contributed by atoms with Crippen molar-refractivity contribution in [3.8, 4) is 0 Å². The van der Waals surface area contributed by atoms with Crippen molar-refractivity contribution in [2.75, 3.05) is 13.1 Å². The summed E-state index contributed by atoms with van der Waals surface area (Å²) in [6, 6.07) is 0. The average molecular weight is 213 g/mol. The van der Waals surface area contributed by atoms with Crippen molar-refractivity contribution in [3.63, 3.8) is 0 Å². The summed E-state index contributed by atoms with van der Waals surface area (Å²) in [6.07, 6.45) is 14.3. The van der Waals surface area contributed by atoms with Gasteiger partial charge in [0.25, 0.3) is 0 Å². The summed E-state index contributed by atoms with van der Waals surface area (Å²) in [7, 11) is 0. The Kier molecular flexibility index (Phi) is 13.9. The van der Waals surface area contributed by atoms with Crippen LogP contribution in [0.3, 0.4) is 0 Å². The molecule has 0 aromatic heterocycles. The summed E-state index contributed by atoms with van der Waals surface area (Å²) in [5, 5.41) is 3.37. The lowest BCUT2D eigenvalue weighted by atomic mass is 10.1. The van der Waals surface area contributed by atoms with Crippen LogP contribution in [0.15, 0.2) is 0 Å². The second kappa shape index (κ2) is 14.0. The van der Waals surface area contributed by atoms with Gasteiger partial charge >= 0.3 is 0 Å². The minimum absolute atomic E-state index is 1.12. The maximum Gasteiger partial charge on any atom is -0.00490 e. The van der Waals surface area contributed by atoms with Crippen LogP contribution in [-0.4, -0.2) is 13.1 Å². The van der Waals surface area contributed by atoms with Crippen LogP contribution in [-0.2, 0) is 0 Å². The fourth-order valence-corrected chi connectivity index (χ4v) is 1.91. The van der Waals surface area contributed by atoms with E-state index in [1.165, 1.54) is 70.8 Å². The van der Waals surface area contributed by atoms with E-state index in [1.54, 1.807) is 0 Å². The topological polar surface area (TPSA) is 12.0 Å². The highest BCUT2D eigenvalue weighted by Crippen LogP contribution is 2.10. The molecule has 0 bridgehead atoms.